The van der Waals surface area contributed by atoms with E-state index < -0.39 is 0 Å². The van der Waals surface area contributed by atoms with E-state index in [2.05, 4.69) is 5.32 Å². The lowest BCUT2D eigenvalue weighted by atomic mass is 9.96. The van der Waals surface area contributed by atoms with Crippen LogP contribution in [0, 0.1) is 5.92 Å². The van der Waals surface area contributed by atoms with Gasteiger partial charge in [-0.1, -0.05) is 12.1 Å². The fourth-order valence-corrected chi connectivity index (χ4v) is 2.59. The highest BCUT2D eigenvalue weighted by Gasteiger charge is 2.25. The molecule has 0 saturated carbocycles. The summed E-state index contributed by atoms with van der Waals surface area (Å²) < 4.78 is 0. The molecule has 1 aromatic carbocycles. The number of phenolic OH excluding ortho intramolecular Hbond substituents is 1. The predicted octanol–water partition coefficient (Wildman–Crippen LogP) is 1.31. The molecule has 1 fully saturated rings. The Balaban J connectivity index is 1.70. The lowest BCUT2D eigenvalue weighted by Crippen LogP contribution is -2.42. The van der Waals surface area contributed by atoms with Crippen molar-refractivity contribution in [2.24, 2.45) is 5.92 Å². The summed E-state index contributed by atoms with van der Waals surface area (Å²) >= 11 is 0. The van der Waals surface area contributed by atoms with Crippen LogP contribution in [0.1, 0.15) is 25.3 Å². The second kappa shape index (κ2) is 7.11. The number of amides is 2. The standard InChI is InChI=1S/C16H22N2O3/c1-12(19)18-10-7-14(8-11-18)16(21)17-9-6-13-2-4-15(20)5-3-13/h2-5,14,20H,6-11H2,1H3,(H,17,21). The topological polar surface area (TPSA) is 69.6 Å². The van der Waals surface area contributed by atoms with E-state index in [1.54, 1.807) is 24.0 Å². The van der Waals surface area contributed by atoms with E-state index in [-0.39, 0.29) is 23.5 Å². The smallest absolute Gasteiger partial charge is 0.223 e. The minimum absolute atomic E-state index is 0.0143. The summed E-state index contributed by atoms with van der Waals surface area (Å²) in [4.78, 5) is 25.1. The highest BCUT2D eigenvalue weighted by Crippen LogP contribution is 2.17. The normalized spacial score (nSPS) is 15.8. The Morgan fingerprint density at radius 1 is 1.24 bits per heavy atom. The second-order valence-electron chi connectivity index (χ2n) is 5.49. The predicted molar refractivity (Wildman–Crippen MR) is 79.8 cm³/mol. The summed E-state index contributed by atoms with van der Waals surface area (Å²) in [5, 5.41) is 12.2. The molecule has 0 radical (unpaired) electrons. The molecule has 0 bridgehead atoms. The van der Waals surface area contributed by atoms with Gasteiger partial charge in [0.25, 0.3) is 0 Å². The zero-order chi connectivity index (χ0) is 15.2. The fraction of sp³-hybridized carbons (Fsp3) is 0.500. The summed E-state index contributed by atoms with van der Waals surface area (Å²) in [5.41, 5.74) is 1.08. The lowest BCUT2D eigenvalue weighted by molar-refractivity contribution is -0.133. The van der Waals surface area contributed by atoms with Gasteiger partial charge in [0.15, 0.2) is 0 Å². The van der Waals surface area contributed by atoms with Gasteiger partial charge in [0.2, 0.25) is 11.8 Å². The van der Waals surface area contributed by atoms with Gasteiger partial charge in [-0.3, -0.25) is 9.59 Å². The van der Waals surface area contributed by atoms with Crippen LogP contribution < -0.4 is 5.32 Å². The number of likely N-dealkylation sites (tertiary alicyclic amines) is 1. The van der Waals surface area contributed by atoms with Gasteiger partial charge in [-0.05, 0) is 37.0 Å². The van der Waals surface area contributed by atoms with E-state index in [1.807, 2.05) is 12.1 Å². The Kier molecular flexibility index (Phi) is 5.20. The maximum atomic E-state index is 12.1. The van der Waals surface area contributed by atoms with Crippen LogP contribution in [0.3, 0.4) is 0 Å². The number of carbonyl (C=O) groups is 2. The molecular weight excluding hydrogens is 268 g/mol. The number of hydrogen-bond donors (Lipinski definition) is 2. The van der Waals surface area contributed by atoms with Crippen molar-refractivity contribution in [1.82, 2.24) is 10.2 Å². The molecule has 0 aromatic heterocycles. The van der Waals surface area contributed by atoms with Gasteiger partial charge in [-0.15, -0.1) is 0 Å². The third kappa shape index (κ3) is 4.48. The van der Waals surface area contributed by atoms with Crippen LogP contribution in [0.15, 0.2) is 24.3 Å². The first kappa shape index (κ1) is 15.4. The van der Waals surface area contributed by atoms with Crippen molar-refractivity contribution >= 4 is 11.8 Å². The summed E-state index contributed by atoms with van der Waals surface area (Å²) in [7, 11) is 0. The molecule has 21 heavy (non-hydrogen) atoms. The molecule has 2 N–H and O–H groups in total. The monoisotopic (exact) mass is 290 g/mol. The first-order chi connectivity index (χ1) is 10.1. The first-order valence-corrected chi connectivity index (χ1v) is 7.37. The molecule has 1 saturated heterocycles. The number of nitrogens with zero attached hydrogens (tertiary/aromatic N) is 1. The molecule has 1 heterocycles. The average Bonchev–Trinajstić information content (AvgIpc) is 2.49. The zero-order valence-corrected chi connectivity index (χ0v) is 12.3. The first-order valence-electron chi connectivity index (χ1n) is 7.37. The molecule has 0 unspecified atom stereocenters. The van der Waals surface area contributed by atoms with Crippen LogP contribution in [0.25, 0.3) is 0 Å². The largest absolute Gasteiger partial charge is 0.508 e. The van der Waals surface area contributed by atoms with Crippen molar-refractivity contribution in [1.29, 1.82) is 0 Å². The van der Waals surface area contributed by atoms with Gasteiger partial charge >= 0.3 is 0 Å². The van der Waals surface area contributed by atoms with Gasteiger partial charge in [-0.2, -0.15) is 0 Å². The number of carbonyl (C=O) groups excluding carboxylic acids is 2. The average molecular weight is 290 g/mol. The van der Waals surface area contributed by atoms with Crippen molar-refractivity contribution in [3.8, 4) is 5.75 Å². The van der Waals surface area contributed by atoms with E-state index in [9.17, 15) is 14.7 Å². The molecule has 5 nitrogen and oxygen atoms in total. The van der Waals surface area contributed by atoms with E-state index in [0.29, 0.717) is 19.6 Å². The Morgan fingerprint density at radius 3 is 2.43 bits per heavy atom. The molecule has 114 valence electrons. The highest BCUT2D eigenvalue weighted by molar-refractivity contribution is 5.79. The van der Waals surface area contributed by atoms with Crippen LogP contribution in [-0.4, -0.2) is 41.5 Å². The van der Waals surface area contributed by atoms with Crippen LogP contribution >= 0.6 is 0 Å². The van der Waals surface area contributed by atoms with Crippen LogP contribution in [0.5, 0.6) is 5.75 Å². The summed E-state index contributed by atoms with van der Waals surface area (Å²) in [6, 6.07) is 7.00. The molecule has 0 spiro atoms. The van der Waals surface area contributed by atoms with Crippen molar-refractivity contribution in [3.63, 3.8) is 0 Å². The lowest BCUT2D eigenvalue weighted by Gasteiger charge is -2.30. The molecule has 0 atom stereocenters. The third-order valence-electron chi connectivity index (χ3n) is 3.96. The zero-order valence-electron chi connectivity index (χ0n) is 12.3. The number of piperidine rings is 1. The van der Waals surface area contributed by atoms with Crippen LogP contribution in [0.4, 0.5) is 0 Å². The van der Waals surface area contributed by atoms with Gasteiger partial charge in [0, 0.05) is 32.5 Å². The molecule has 5 heteroatoms. The Bertz CT molecular complexity index is 491. The Morgan fingerprint density at radius 2 is 1.86 bits per heavy atom. The number of aromatic hydroxyl groups is 1. The number of rotatable bonds is 4. The van der Waals surface area contributed by atoms with Crippen molar-refractivity contribution in [3.05, 3.63) is 29.8 Å². The van der Waals surface area contributed by atoms with Crippen LogP contribution in [0.2, 0.25) is 0 Å². The molecule has 2 rings (SSSR count). The molecular formula is C16H22N2O3. The van der Waals surface area contributed by atoms with E-state index in [4.69, 9.17) is 0 Å². The second-order valence-corrected chi connectivity index (χ2v) is 5.49. The van der Waals surface area contributed by atoms with Gasteiger partial charge in [-0.25, -0.2) is 0 Å². The van der Waals surface area contributed by atoms with Gasteiger partial charge in [0.1, 0.15) is 5.75 Å². The minimum Gasteiger partial charge on any atom is -0.508 e. The SMILES string of the molecule is CC(=O)N1CCC(C(=O)NCCc2ccc(O)cc2)CC1. The minimum atomic E-state index is 0.0143. The maximum absolute atomic E-state index is 12.1. The van der Waals surface area contributed by atoms with E-state index in [0.717, 1.165) is 24.8 Å². The number of nitrogens with one attached hydrogen (secondary N) is 1. The van der Waals surface area contributed by atoms with Gasteiger partial charge < -0.3 is 15.3 Å². The molecule has 0 aliphatic carbocycles. The van der Waals surface area contributed by atoms with Gasteiger partial charge in [0.05, 0.1) is 0 Å². The summed E-state index contributed by atoms with van der Waals surface area (Å²) in [6.45, 7) is 3.51. The van der Waals surface area contributed by atoms with Crippen molar-refractivity contribution in [2.75, 3.05) is 19.6 Å². The summed E-state index contributed by atoms with van der Waals surface area (Å²) in [6.07, 6.45) is 2.23. The van der Waals surface area contributed by atoms with Crippen molar-refractivity contribution < 1.29 is 14.7 Å². The molecule has 1 aliphatic heterocycles. The maximum Gasteiger partial charge on any atom is 0.223 e. The quantitative estimate of drug-likeness (QED) is 0.878. The van der Waals surface area contributed by atoms with Crippen LogP contribution in [-0.2, 0) is 16.0 Å². The Hall–Kier alpha value is -2.04. The molecule has 1 aromatic rings. The number of hydrogen-bond acceptors (Lipinski definition) is 3. The number of benzene rings is 1. The van der Waals surface area contributed by atoms with E-state index in [1.165, 1.54) is 0 Å². The van der Waals surface area contributed by atoms with E-state index >= 15 is 0 Å². The van der Waals surface area contributed by atoms with Crippen molar-refractivity contribution in [2.45, 2.75) is 26.2 Å². The summed E-state index contributed by atoms with van der Waals surface area (Å²) in [5.74, 6) is 0.429. The highest BCUT2D eigenvalue weighted by atomic mass is 16.3. The third-order valence-corrected chi connectivity index (χ3v) is 3.96. The Labute approximate surface area is 125 Å². The molecule has 1 aliphatic rings. The fourth-order valence-electron chi connectivity index (χ4n) is 2.59. The molecule has 2 amide bonds. The number of phenols is 1.